The summed E-state index contributed by atoms with van der Waals surface area (Å²) < 4.78 is 17.3. The van der Waals surface area contributed by atoms with Crippen molar-refractivity contribution in [3.05, 3.63) is 158 Å². The first-order valence-corrected chi connectivity index (χ1v) is 26.0. The van der Waals surface area contributed by atoms with Crippen LogP contribution in [-0.2, 0) is 23.8 Å². The highest BCUT2D eigenvalue weighted by Gasteiger charge is 2.17. The van der Waals surface area contributed by atoms with Crippen molar-refractivity contribution in [1.82, 2.24) is 0 Å². The van der Waals surface area contributed by atoms with Gasteiger partial charge in [-0.2, -0.15) is 0 Å². The monoisotopic (exact) mass is 907 g/mol. The van der Waals surface area contributed by atoms with Crippen LogP contribution in [0.2, 0.25) is 0 Å². The number of carbonyl (C=O) groups excluding carboxylic acids is 2. The topological polar surface area (TPSA) is 61.8 Å². The lowest BCUT2D eigenvalue weighted by molar-refractivity contribution is -0.162. The average Bonchev–Trinajstić information content (AvgIpc) is 3.32. The molecule has 0 fully saturated rings. The van der Waals surface area contributed by atoms with Gasteiger partial charge in [-0.15, -0.1) is 0 Å². The molecule has 0 N–H and O–H groups in total. The summed E-state index contributed by atoms with van der Waals surface area (Å²) in [6.07, 6.45) is 81.4. The van der Waals surface area contributed by atoms with Gasteiger partial charge in [0.1, 0.15) is 6.61 Å². The highest BCUT2D eigenvalue weighted by molar-refractivity contribution is 5.71. The molecule has 368 valence electrons. The van der Waals surface area contributed by atoms with Gasteiger partial charge < -0.3 is 14.2 Å². The van der Waals surface area contributed by atoms with E-state index in [1.54, 1.807) is 0 Å². The Morgan fingerprint density at radius 2 is 0.682 bits per heavy atom. The summed E-state index contributed by atoms with van der Waals surface area (Å²) in [5.74, 6) is -0.603. The largest absolute Gasteiger partial charge is 0.462 e. The predicted molar refractivity (Wildman–Crippen MR) is 288 cm³/mol. The molecule has 1 unspecified atom stereocenters. The fraction of sp³-hybridized carbons (Fsp3) is 0.541. The lowest BCUT2D eigenvalue weighted by atomic mass is 10.1. The van der Waals surface area contributed by atoms with Crippen LogP contribution in [0.25, 0.3) is 0 Å². The zero-order valence-corrected chi connectivity index (χ0v) is 42.1. The van der Waals surface area contributed by atoms with Crippen LogP contribution in [0.4, 0.5) is 0 Å². The number of ether oxygens (including phenoxy) is 3. The Morgan fingerprint density at radius 3 is 1.09 bits per heavy atom. The van der Waals surface area contributed by atoms with Crippen LogP contribution in [0.3, 0.4) is 0 Å². The van der Waals surface area contributed by atoms with E-state index in [9.17, 15) is 9.59 Å². The first-order chi connectivity index (χ1) is 32.6. The van der Waals surface area contributed by atoms with E-state index in [0.29, 0.717) is 13.0 Å². The van der Waals surface area contributed by atoms with Crippen molar-refractivity contribution in [2.75, 3.05) is 19.8 Å². The third-order valence-corrected chi connectivity index (χ3v) is 10.1. The Kier molecular flexibility index (Phi) is 51.1. The fourth-order valence-electron chi connectivity index (χ4n) is 6.33. The summed E-state index contributed by atoms with van der Waals surface area (Å²) in [5, 5.41) is 0. The van der Waals surface area contributed by atoms with Crippen LogP contribution in [0.5, 0.6) is 0 Å². The van der Waals surface area contributed by atoms with Crippen LogP contribution >= 0.6 is 0 Å². The van der Waals surface area contributed by atoms with Crippen molar-refractivity contribution >= 4 is 11.9 Å². The Bertz CT molecular complexity index is 1490. The van der Waals surface area contributed by atoms with Gasteiger partial charge in [-0.1, -0.05) is 211 Å². The minimum Gasteiger partial charge on any atom is -0.462 e. The number of esters is 2. The van der Waals surface area contributed by atoms with E-state index in [4.69, 9.17) is 14.2 Å². The molecule has 0 saturated heterocycles. The lowest BCUT2D eigenvalue weighted by Crippen LogP contribution is -2.29. The number of hydrogen-bond donors (Lipinski definition) is 0. The molecule has 5 heteroatoms. The SMILES string of the molecule is CC/C=C\C/C=C\C/C=C\C/C=C\C/C=C\CCCCCC(=O)OCC(COCCCCCCCC/C=C\C/C=C\C/C=C\CC)OC(=O)C/C=C\C/C=C\C/C=C\C/C=C\C/C=C\CC. The predicted octanol–water partition coefficient (Wildman–Crippen LogP) is 17.9. The molecule has 0 heterocycles. The average molecular weight is 907 g/mol. The zero-order chi connectivity index (χ0) is 47.7. The van der Waals surface area contributed by atoms with Crippen LogP contribution in [0, 0.1) is 0 Å². The van der Waals surface area contributed by atoms with E-state index >= 15 is 0 Å². The van der Waals surface area contributed by atoms with Crippen molar-refractivity contribution in [2.45, 2.75) is 194 Å². The molecule has 0 aliphatic carbocycles. The first kappa shape index (κ1) is 61.5. The molecule has 0 radical (unpaired) electrons. The summed E-state index contributed by atoms with van der Waals surface area (Å²) in [4.78, 5) is 25.4. The van der Waals surface area contributed by atoms with Gasteiger partial charge in [-0.3, -0.25) is 9.59 Å². The maximum absolute atomic E-state index is 12.8. The Morgan fingerprint density at radius 1 is 0.348 bits per heavy atom. The normalized spacial score (nSPS) is 13.6. The third-order valence-electron chi connectivity index (χ3n) is 10.1. The van der Waals surface area contributed by atoms with Gasteiger partial charge in [0.15, 0.2) is 6.10 Å². The van der Waals surface area contributed by atoms with Crippen molar-refractivity contribution in [1.29, 1.82) is 0 Å². The molecular formula is C61H94O5. The smallest absolute Gasteiger partial charge is 0.310 e. The molecule has 0 aromatic rings. The fourth-order valence-corrected chi connectivity index (χ4v) is 6.33. The Hall–Kier alpha value is -4.48. The summed E-state index contributed by atoms with van der Waals surface area (Å²) in [7, 11) is 0. The molecule has 66 heavy (non-hydrogen) atoms. The van der Waals surface area contributed by atoms with E-state index in [2.05, 4.69) is 167 Å². The van der Waals surface area contributed by atoms with Gasteiger partial charge in [0.05, 0.1) is 13.0 Å². The summed E-state index contributed by atoms with van der Waals surface area (Å²) in [5.41, 5.74) is 0. The van der Waals surface area contributed by atoms with Crippen molar-refractivity contribution in [2.24, 2.45) is 0 Å². The second-order valence-electron chi connectivity index (χ2n) is 16.3. The molecule has 0 aliphatic rings. The van der Waals surface area contributed by atoms with E-state index in [1.165, 1.54) is 25.7 Å². The highest BCUT2D eigenvalue weighted by Crippen LogP contribution is 2.10. The molecule has 0 aromatic heterocycles. The van der Waals surface area contributed by atoms with E-state index in [1.807, 2.05) is 12.2 Å². The van der Waals surface area contributed by atoms with Gasteiger partial charge >= 0.3 is 11.9 Å². The molecule has 0 aliphatic heterocycles. The minimum atomic E-state index is -0.624. The van der Waals surface area contributed by atoms with Gasteiger partial charge in [-0.25, -0.2) is 0 Å². The number of allylic oxidation sites excluding steroid dienone is 25. The lowest BCUT2D eigenvalue weighted by Gasteiger charge is -2.18. The molecule has 1 atom stereocenters. The van der Waals surface area contributed by atoms with Crippen LogP contribution in [0.15, 0.2) is 158 Å². The molecule has 0 amide bonds. The molecule has 0 rings (SSSR count). The van der Waals surface area contributed by atoms with E-state index in [-0.39, 0.29) is 31.6 Å². The molecular weight excluding hydrogens is 813 g/mol. The second-order valence-corrected chi connectivity index (χ2v) is 16.3. The number of rotatable bonds is 45. The van der Waals surface area contributed by atoms with Crippen LogP contribution < -0.4 is 0 Å². The molecule has 0 spiro atoms. The van der Waals surface area contributed by atoms with Gasteiger partial charge in [-0.05, 0) is 122 Å². The number of unbranched alkanes of at least 4 members (excludes halogenated alkanes) is 9. The van der Waals surface area contributed by atoms with Gasteiger partial charge in [0.2, 0.25) is 0 Å². The maximum Gasteiger partial charge on any atom is 0.310 e. The van der Waals surface area contributed by atoms with Gasteiger partial charge in [0.25, 0.3) is 0 Å². The molecule has 0 aromatic carbocycles. The van der Waals surface area contributed by atoms with Gasteiger partial charge in [0, 0.05) is 13.0 Å². The van der Waals surface area contributed by atoms with Crippen molar-refractivity contribution in [3.8, 4) is 0 Å². The van der Waals surface area contributed by atoms with E-state index < -0.39 is 6.10 Å². The molecule has 5 nitrogen and oxygen atoms in total. The number of hydrogen-bond acceptors (Lipinski definition) is 5. The minimum absolute atomic E-state index is 0.0112. The highest BCUT2D eigenvalue weighted by atomic mass is 16.6. The summed E-state index contributed by atoms with van der Waals surface area (Å²) >= 11 is 0. The zero-order valence-electron chi connectivity index (χ0n) is 42.1. The third kappa shape index (κ3) is 52.1. The quantitative estimate of drug-likeness (QED) is 0.0346. The molecule has 0 saturated carbocycles. The summed E-state index contributed by atoms with van der Waals surface area (Å²) in [6.45, 7) is 7.29. The standard InChI is InChI=1S/C61H94O5/c1-4-7-10-13-16-19-22-25-28-30-31-32-34-36-39-42-45-48-51-54-60(62)65-58-59(57-64-56-53-50-47-44-41-38-35-29-26-23-20-17-14-11-8-5-2)66-61(63)55-52-49-46-43-40-37-33-27-24-21-18-15-12-9-6-3/h7-12,16-21,25-29,31-33,36,39-40,43,49,52,59H,4-6,13-15,22-24,30,34-35,37-38,41-42,44-48,50-51,53-58H2,1-3H3/b10-7-,11-8-,12-9-,19-16-,20-17-,21-18-,28-25-,29-26-,32-31-,33-27-,39-36-,43-40-,52-49-. The molecule has 0 bridgehead atoms. The Balaban J connectivity index is 4.51. The summed E-state index contributed by atoms with van der Waals surface area (Å²) in [6, 6.07) is 0. The van der Waals surface area contributed by atoms with E-state index in [0.717, 1.165) is 128 Å². The number of carbonyl (C=O) groups is 2. The van der Waals surface area contributed by atoms with Crippen LogP contribution in [0.1, 0.15) is 188 Å². The Labute approximate surface area is 405 Å². The second kappa shape index (κ2) is 54.9. The van der Waals surface area contributed by atoms with Crippen molar-refractivity contribution < 1.29 is 23.8 Å². The van der Waals surface area contributed by atoms with Crippen LogP contribution in [-0.4, -0.2) is 37.9 Å². The maximum atomic E-state index is 12.8. The van der Waals surface area contributed by atoms with Crippen molar-refractivity contribution in [3.63, 3.8) is 0 Å². The first-order valence-electron chi connectivity index (χ1n) is 26.0.